The Bertz CT molecular complexity index is 4650. The number of amides is 4. The van der Waals surface area contributed by atoms with Crippen molar-refractivity contribution in [3.05, 3.63) is 102 Å². The van der Waals surface area contributed by atoms with Crippen molar-refractivity contribution in [1.82, 2.24) is 56.4 Å². The van der Waals surface area contributed by atoms with Gasteiger partial charge in [-0.25, -0.2) is 19.7 Å². The lowest BCUT2D eigenvalue weighted by Gasteiger charge is -2.36. The molecule has 0 aliphatic carbocycles. The van der Waals surface area contributed by atoms with E-state index in [1.54, 1.807) is 12.3 Å². The number of rotatable bonds is 55. The summed E-state index contributed by atoms with van der Waals surface area (Å²) in [5.41, 5.74) is 11.2. The zero-order chi connectivity index (χ0) is 91.8. The number of nitrogen functional groups attached to an aromatic ring is 1. The molecule has 6 rings (SSSR count). The number of likely N-dealkylation sites (N-methyl/N-ethyl adjacent to an activating group) is 1. The number of carbonyl (C=O) groups is 13. The van der Waals surface area contributed by atoms with Crippen LogP contribution in [0.3, 0.4) is 0 Å². The number of nitro groups is 1. The average molecular weight is 1790 g/mol. The first-order chi connectivity index (χ1) is 58.6. The van der Waals surface area contributed by atoms with Crippen LogP contribution >= 0.6 is 32.9 Å². The molecule has 1 fully saturated rings. The van der Waals surface area contributed by atoms with Crippen molar-refractivity contribution in [2.24, 2.45) is 59.0 Å². The quantitative estimate of drug-likeness (QED) is 0.00340. The summed E-state index contributed by atoms with van der Waals surface area (Å²) in [6.07, 6.45) is 1.83. The number of carboxylic acid groups (broad SMARTS) is 3. The predicted octanol–water partition coefficient (Wildman–Crippen LogP) is 7.54. The monoisotopic (exact) mass is 1780 g/mol. The van der Waals surface area contributed by atoms with Crippen LogP contribution in [0.15, 0.2) is 58.8 Å². The molecule has 1 aliphatic heterocycles. The molecule has 41 heteroatoms. The number of guanidine groups is 1. The van der Waals surface area contributed by atoms with Crippen molar-refractivity contribution in [3.8, 4) is 5.75 Å². The Morgan fingerprint density at radius 2 is 1.51 bits per heavy atom. The van der Waals surface area contributed by atoms with Crippen LogP contribution in [0.1, 0.15) is 202 Å². The number of aromatic amines is 1. The number of hydrogen-bond donors (Lipinski definition) is 14. The molecule has 124 heavy (non-hydrogen) atoms. The number of nitrogens with one attached hydrogen (secondary N) is 8. The maximum Gasteiger partial charge on any atom is 0.326 e. The second kappa shape index (κ2) is 50.0. The van der Waals surface area contributed by atoms with Crippen LogP contribution < -0.4 is 48.9 Å². The molecule has 0 bridgehead atoms. The molecule has 2 aromatic carbocycles. The number of hydrogen-bond acceptors (Lipinski definition) is 30. The highest BCUT2D eigenvalue weighted by Crippen LogP contribution is 2.39. The molecule has 678 valence electrons. The van der Waals surface area contributed by atoms with Crippen molar-refractivity contribution in [2.45, 2.75) is 208 Å². The molecule has 0 radical (unpaired) electrons. The third-order valence-electron chi connectivity index (χ3n) is 21.6. The third kappa shape index (κ3) is 32.9. The summed E-state index contributed by atoms with van der Waals surface area (Å²) < 4.78 is 11.5. The number of fused-ring (bicyclic) bond motifs is 1. The highest BCUT2D eigenvalue weighted by atomic mass is 33.1. The molecule has 1 saturated heterocycles. The standard InChI is InChI=1S/C83H116N16O22S3/c1-11-45(6)57(36-67(103)62-16-12-13-26-98(62)10)72(108)58(40-121-70(107)29-43(2)3)56(44(4)5)31-46(7)78-95-61(42-122-78)76(111)92-54(32-49-17-23-64(100)63(33-49)99(118)119)30-47(8)81(117)120-27-28-123-124-41-52(79(113)114)35-66(102)60(37-69(105)106)94-75(110)51(15-14-25-87-82(84)85)34-65(101)48(9)90-68(104)24-22-59(80(115)116)93-74(109)50-18-20-53(21-19-50)88-38-55-39-89-73-71(91-55)77(112)97-83(86)96-73/h17-21,23,33,39,42-48,51-52,54,56-60,62,88,100H,11-16,22,24-32,34-38,40-41H2,1-10H3,(H,90,104)(H,92,111)(H,93,109)(H,94,110)(H,105,106)(H,113,114)(H,115,116)(H4,84,85,87)(H3,86,89,96,97,112)/t45?,46-,47+,48+,51-,52+,54-,56-,57+,58?,59+,60+,62-/m1/s1. The van der Waals surface area contributed by atoms with Crippen LogP contribution in [0.5, 0.6) is 5.75 Å². The van der Waals surface area contributed by atoms with E-state index in [1.165, 1.54) is 54.8 Å². The Hall–Kier alpha value is -11.1. The zero-order valence-corrected chi connectivity index (χ0v) is 73.8. The number of esters is 2. The van der Waals surface area contributed by atoms with Crippen molar-refractivity contribution in [3.63, 3.8) is 0 Å². The number of carboxylic acids is 3. The lowest BCUT2D eigenvalue weighted by molar-refractivity contribution is -0.385. The Morgan fingerprint density at radius 1 is 0.798 bits per heavy atom. The van der Waals surface area contributed by atoms with Gasteiger partial charge in [0.05, 0.1) is 70.7 Å². The topological polar surface area (TPSA) is 600 Å². The van der Waals surface area contributed by atoms with Gasteiger partial charge < -0.3 is 73.3 Å². The maximum absolute atomic E-state index is 15.2. The van der Waals surface area contributed by atoms with E-state index < -0.39 is 179 Å². The molecular formula is C83H116N16O22S3. The van der Waals surface area contributed by atoms with E-state index in [-0.39, 0.29) is 152 Å². The van der Waals surface area contributed by atoms with Gasteiger partial charge in [-0.05, 0) is 131 Å². The number of aromatic nitrogens is 5. The minimum Gasteiger partial charge on any atom is -0.502 e. The summed E-state index contributed by atoms with van der Waals surface area (Å²) in [5, 5.41) is 77.8. The molecule has 38 nitrogen and oxygen atoms in total. The first kappa shape index (κ1) is 102. The van der Waals surface area contributed by atoms with Crippen LogP contribution in [-0.4, -0.2) is 213 Å². The Kier molecular flexibility index (Phi) is 41.0. The number of carbonyl (C=O) groups excluding carboxylic acids is 10. The third-order valence-corrected chi connectivity index (χ3v) is 25.2. The molecule has 3 aromatic heterocycles. The number of thiazole rings is 1. The number of anilines is 2. The normalized spacial score (nSPS) is 15.8. The maximum atomic E-state index is 15.2. The summed E-state index contributed by atoms with van der Waals surface area (Å²) in [6.45, 7) is 17.0. The number of likely N-dealkylation sites (tertiary alicyclic amines) is 1. The van der Waals surface area contributed by atoms with Crippen molar-refractivity contribution < 1.29 is 97.2 Å². The Morgan fingerprint density at radius 3 is 2.15 bits per heavy atom. The van der Waals surface area contributed by atoms with Gasteiger partial charge in [0.25, 0.3) is 17.4 Å². The minimum absolute atomic E-state index is 0.00575. The van der Waals surface area contributed by atoms with E-state index in [9.17, 15) is 92.9 Å². The van der Waals surface area contributed by atoms with Gasteiger partial charge in [-0.2, -0.15) is 4.98 Å². The molecule has 16 N–H and O–H groups in total. The number of phenols is 1. The van der Waals surface area contributed by atoms with Gasteiger partial charge in [0.2, 0.25) is 17.8 Å². The van der Waals surface area contributed by atoms with E-state index in [2.05, 4.69) is 56.7 Å². The van der Waals surface area contributed by atoms with Crippen LogP contribution in [0.25, 0.3) is 11.2 Å². The number of phenolic OH excluding ortho intramolecular Hbond substituents is 1. The van der Waals surface area contributed by atoms with Crippen LogP contribution in [0.4, 0.5) is 17.3 Å². The first-order valence-corrected chi connectivity index (χ1v) is 44.6. The molecule has 4 heterocycles. The number of aromatic hydroxyl groups is 1. The molecule has 13 atom stereocenters. The number of ketones is 4. The number of nitrogens with zero attached hydrogens (tertiary/aromatic N) is 6. The van der Waals surface area contributed by atoms with Gasteiger partial charge in [0.1, 0.15) is 30.7 Å². The Labute approximate surface area is 729 Å². The second-order valence-corrected chi connectivity index (χ2v) is 35.8. The molecule has 5 aromatic rings. The molecule has 1 aliphatic rings. The number of piperidine rings is 1. The second-order valence-electron chi connectivity index (χ2n) is 32.2. The van der Waals surface area contributed by atoms with Crippen molar-refractivity contribution in [1.29, 1.82) is 5.41 Å². The van der Waals surface area contributed by atoms with Crippen LogP contribution in [0.2, 0.25) is 0 Å². The van der Waals surface area contributed by atoms with E-state index in [4.69, 9.17) is 31.3 Å². The van der Waals surface area contributed by atoms with E-state index in [0.717, 1.165) is 53.1 Å². The number of ether oxygens (including phenoxy) is 2. The highest BCUT2D eigenvalue weighted by Gasteiger charge is 2.42. The molecular weight excluding hydrogens is 1670 g/mol. The minimum atomic E-state index is -1.80. The van der Waals surface area contributed by atoms with E-state index in [0.29, 0.717) is 41.2 Å². The predicted molar refractivity (Wildman–Crippen MR) is 464 cm³/mol. The van der Waals surface area contributed by atoms with E-state index in [1.807, 2.05) is 55.5 Å². The number of aliphatic carboxylic acids is 3. The largest absolute Gasteiger partial charge is 0.502 e. The van der Waals surface area contributed by atoms with Gasteiger partial charge in [0.15, 0.2) is 40.2 Å². The van der Waals surface area contributed by atoms with Crippen molar-refractivity contribution in [2.75, 3.05) is 55.9 Å². The van der Waals surface area contributed by atoms with Gasteiger partial charge in [-0.3, -0.25) is 87.7 Å². The van der Waals surface area contributed by atoms with Gasteiger partial charge in [-0.15, -0.1) is 11.3 Å². The smallest absolute Gasteiger partial charge is 0.326 e. The van der Waals surface area contributed by atoms with Crippen LogP contribution in [-0.2, 0) is 75.2 Å². The fraction of sp³-hybridized carbons (Fsp3) is 0.578. The van der Waals surface area contributed by atoms with Gasteiger partial charge in [-0.1, -0.05) is 95.9 Å². The number of nitrogens with two attached hydrogens (primary N) is 2. The number of nitro benzene ring substituents is 1. The van der Waals surface area contributed by atoms with Gasteiger partial charge in [0, 0.05) is 96.6 Å². The molecule has 0 saturated carbocycles. The molecule has 0 spiro atoms. The number of H-pyrrole nitrogens is 1. The SMILES string of the molecule is CCC(C)[C@H](CC(=O)[C@H]1CCCCN1C)C(=O)C(COC(=O)CC(C)C)[C@H](C[C@@H](C)c1nc(C(=O)N[C@@H](Cc2ccc(O)c([N+](=O)[O-])c2)C[C@H](C)C(=O)OCCSSC[C@H](CC(=O)[C@H](CC(=O)O)NC(=O)[C@H](CCCNC(=N)N)CC(=O)[C@H](C)NC(=O)CC[C@H](NC(=O)c2ccc(NCc3cnc4nc(N)[nH]c(=O)c4n3)cc2)C(=O)O)C(=O)O)cs1)C(C)C. The Balaban J connectivity index is 1.02. The lowest BCUT2D eigenvalue weighted by atomic mass is 9.70. The highest BCUT2D eigenvalue weighted by molar-refractivity contribution is 8.76. The summed E-state index contributed by atoms with van der Waals surface area (Å²) in [5.74, 6) is -17.9. The lowest BCUT2D eigenvalue weighted by Crippen LogP contribution is -2.47. The summed E-state index contributed by atoms with van der Waals surface area (Å²) >= 11 is 1.22. The molecule has 4 amide bonds. The van der Waals surface area contributed by atoms with E-state index >= 15 is 4.79 Å². The van der Waals surface area contributed by atoms with Crippen LogP contribution in [0, 0.1) is 68.8 Å². The fourth-order valence-electron chi connectivity index (χ4n) is 14.4. The number of benzene rings is 2. The average Bonchev–Trinajstić information content (AvgIpc) is 0.885. The molecule has 2 unspecified atom stereocenters. The number of Topliss-reactive ketones (excluding diaryl/α,β-unsaturated/α-hetero) is 4. The van der Waals surface area contributed by atoms with Crippen molar-refractivity contribution >= 4 is 144 Å². The zero-order valence-electron chi connectivity index (χ0n) is 71.3. The summed E-state index contributed by atoms with van der Waals surface area (Å²) in [4.78, 5) is 221. The summed E-state index contributed by atoms with van der Waals surface area (Å²) in [6, 6.07) is 3.74. The fourth-order valence-corrected chi connectivity index (χ4v) is 17.4. The summed E-state index contributed by atoms with van der Waals surface area (Å²) in [7, 11) is 4.00. The first-order valence-electron chi connectivity index (χ1n) is 41.3. The van der Waals surface area contributed by atoms with Gasteiger partial charge >= 0.3 is 35.5 Å².